The molecule has 0 aliphatic carbocycles. The summed E-state index contributed by atoms with van der Waals surface area (Å²) in [6.45, 7) is 0. The number of halogens is 3. The minimum Gasteiger partial charge on any atom is -0.258 e. The van der Waals surface area contributed by atoms with E-state index in [0.717, 1.165) is 11.1 Å². The molecule has 0 aliphatic rings. The molecule has 28 heavy (non-hydrogen) atoms. The normalized spacial score (nSPS) is 10.8. The second-order valence-corrected chi connectivity index (χ2v) is 6.74. The number of non-ortho nitro benzene ring substituents is 1. The maximum atomic E-state index is 10.7. The van der Waals surface area contributed by atoms with E-state index in [4.69, 9.17) is 46.3 Å². The maximum absolute atomic E-state index is 10.7. The number of hydrogen-bond acceptors (Lipinski definition) is 6. The van der Waals surface area contributed by atoms with Crippen LogP contribution in [0.5, 0.6) is 0 Å². The monoisotopic (exact) mass is 445 g/mol. The van der Waals surface area contributed by atoms with E-state index in [2.05, 4.69) is 0 Å². The van der Waals surface area contributed by atoms with Crippen LogP contribution in [0.2, 0.25) is 10.0 Å². The minimum absolute atomic E-state index is 0.0365. The Morgan fingerprint density at radius 3 is 1.79 bits per heavy atom. The van der Waals surface area contributed by atoms with Gasteiger partial charge in [-0.15, -0.1) is 10.2 Å². The third-order valence-corrected chi connectivity index (χ3v) is 4.02. The Bertz CT molecular complexity index is 969. The van der Waals surface area contributed by atoms with Gasteiger partial charge in [-0.05, 0) is 36.4 Å². The van der Waals surface area contributed by atoms with Crippen molar-refractivity contribution in [1.29, 1.82) is 0 Å². The molecular formula is C17H10Cl3NO7. The average Bonchev–Trinajstić information content (AvgIpc) is 2.63. The van der Waals surface area contributed by atoms with Gasteiger partial charge in [0.2, 0.25) is 0 Å². The van der Waals surface area contributed by atoms with Crippen molar-refractivity contribution in [3.63, 3.8) is 0 Å². The molecule has 0 fully saturated rings. The van der Waals surface area contributed by atoms with Gasteiger partial charge in [0.25, 0.3) is 5.69 Å². The van der Waals surface area contributed by atoms with E-state index >= 15 is 0 Å². The quantitative estimate of drug-likeness (QED) is 0.335. The van der Waals surface area contributed by atoms with Crippen molar-refractivity contribution >= 4 is 28.9 Å². The number of nitro groups is 1. The summed E-state index contributed by atoms with van der Waals surface area (Å²) in [5, 5.41) is 11.6. The van der Waals surface area contributed by atoms with Crippen LogP contribution in [0.25, 0.3) is 22.6 Å². The van der Waals surface area contributed by atoms with Gasteiger partial charge in [-0.3, -0.25) is 10.1 Å². The van der Waals surface area contributed by atoms with Crippen molar-refractivity contribution in [2.45, 2.75) is 0 Å². The highest BCUT2D eigenvalue weighted by atomic mass is 35.7. The molecule has 0 radical (unpaired) electrons. The van der Waals surface area contributed by atoms with Gasteiger partial charge >= 0.3 is 11.5 Å². The fraction of sp³-hybridized carbons (Fsp3) is 0. The van der Waals surface area contributed by atoms with Gasteiger partial charge in [0, 0.05) is 24.3 Å². The Kier molecular flexibility index (Phi) is 7.28. The van der Waals surface area contributed by atoms with Gasteiger partial charge in [0.15, 0.2) is 0 Å². The molecule has 8 nitrogen and oxygen atoms in total. The fourth-order valence-electron chi connectivity index (χ4n) is 2.12. The highest BCUT2D eigenvalue weighted by Crippen LogP contribution is 2.31. The topological polar surface area (TPSA) is 147 Å². The van der Waals surface area contributed by atoms with Crippen molar-refractivity contribution in [3.05, 3.63) is 80.8 Å². The lowest BCUT2D eigenvalue weighted by atomic mass is 10.1. The Hall–Kier alpha value is -2.30. The molecule has 0 bridgehead atoms. The molecule has 0 N–H and O–H groups in total. The van der Waals surface area contributed by atoms with Crippen LogP contribution in [0.4, 0.5) is 5.69 Å². The first-order chi connectivity index (χ1) is 13.0. The number of rotatable bonds is 3. The van der Waals surface area contributed by atoms with Crippen LogP contribution in [0.1, 0.15) is 0 Å². The molecule has 0 amide bonds. The molecule has 3 aromatic rings. The standard InChI is InChI=1S/C17H10Cl2NO3.ClHO4/c18-14-9-6-12(10-15(14)19)17-3-1-2-16(23-17)11-4-7-13(8-5-11)20(21)22;2-1(3,4)5/h1-10H;(H,2,3,4,5)/q+1;/p-1. The molecule has 146 valence electrons. The van der Waals surface area contributed by atoms with Gasteiger partial charge in [0.05, 0.1) is 26.1 Å². The minimum atomic E-state index is -4.94. The molecule has 0 saturated heterocycles. The molecule has 0 unspecified atom stereocenters. The van der Waals surface area contributed by atoms with E-state index in [9.17, 15) is 10.1 Å². The summed E-state index contributed by atoms with van der Waals surface area (Å²) in [5.41, 5.74) is 1.58. The molecule has 11 heteroatoms. The van der Waals surface area contributed by atoms with Gasteiger partial charge in [-0.2, -0.15) is 0 Å². The lowest BCUT2D eigenvalue weighted by Gasteiger charge is -2.17. The van der Waals surface area contributed by atoms with Crippen molar-refractivity contribution in [1.82, 2.24) is 0 Å². The predicted molar refractivity (Wildman–Crippen MR) is 90.7 cm³/mol. The Balaban J connectivity index is 0.000000500. The van der Waals surface area contributed by atoms with Crippen LogP contribution in [0.3, 0.4) is 0 Å². The zero-order valence-electron chi connectivity index (χ0n) is 13.7. The van der Waals surface area contributed by atoms with E-state index in [-0.39, 0.29) is 5.69 Å². The molecule has 0 spiro atoms. The van der Waals surface area contributed by atoms with Crippen LogP contribution in [0.15, 0.2) is 65.1 Å². The summed E-state index contributed by atoms with van der Waals surface area (Å²) in [7, 11) is -4.94. The first kappa shape index (κ1) is 22.0. The van der Waals surface area contributed by atoms with E-state index in [1.807, 2.05) is 18.2 Å². The Morgan fingerprint density at radius 1 is 0.786 bits per heavy atom. The molecule has 1 heterocycles. The maximum Gasteiger partial charge on any atom is 0.360 e. The zero-order chi connectivity index (χ0) is 20.9. The molecule has 0 saturated carbocycles. The van der Waals surface area contributed by atoms with Crippen LogP contribution >= 0.6 is 23.2 Å². The summed E-state index contributed by atoms with van der Waals surface area (Å²) < 4.78 is 39.8. The van der Waals surface area contributed by atoms with Gasteiger partial charge in [-0.25, -0.2) is 23.1 Å². The van der Waals surface area contributed by atoms with E-state index < -0.39 is 15.2 Å². The number of nitrogens with zero attached hydrogens (tertiary/aromatic N) is 1. The number of hydrogen-bond donors (Lipinski definition) is 0. The Morgan fingerprint density at radius 2 is 1.29 bits per heavy atom. The van der Waals surface area contributed by atoms with Crippen molar-refractivity contribution < 1.29 is 38.2 Å². The van der Waals surface area contributed by atoms with Crippen molar-refractivity contribution in [3.8, 4) is 22.6 Å². The fourth-order valence-corrected chi connectivity index (χ4v) is 2.41. The van der Waals surface area contributed by atoms with Gasteiger partial charge in [-0.1, -0.05) is 23.2 Å². The molecular weight excluding hydrogens is 437 g/mol. The van der Waals surface area contributed by atoms with Crippen LogP contribution in [-0.4, -0.2) is 4.92 Å². The predicted octanol–water partition coefficient (Wildman–Crippen LogP) is 1.35. The molecule has 0 aliphatic heterocycles. The first-order valence-electron chi connectivity index (χ1n) is 7.30. The molecule has 1 aromatic heterocycles. The first-order valence-corrected chi connectivity index (χ1v) is 9.29. The highest BCUT2D eigenvalue weighted by molar-refractivity contribution is 6.42. The highest BCUT2D eigenvalue weighted by Gasteiger charge is 2.18. The third kappa shape index (κ3) is 6.70. The summed E-state index contributed by atoms with van der Waals surface area (Å²) in [6, 6.07) is 16.9. The lowest BCUT2D eigenvalue weighted by Crippen LogP contribution is -2.68. The van der Waals surface area contributed by atoms with Crippen LogP contribution in [-0.2, 0) is 0 Å². The molecule has 2 aromatic carbocycles. The summed E-state index contributed by atoms with van der Waals surface area (Å²) in [4.78, 5) is 10.3. The summed E-state index contributed by atoms with van der Waals surface area (Å²) in [5.74, 6) is 1.22. The SMILES string of the molecule is O=[N+]([O-])c1ccc(-c2cccc(-c3ccc(Cl)c(Cl)c3)[o+]2)cc1.[O-][Cl+3]([O-])([O-])[O-]. The number of benzene rings is 2. The Labute approximate surface area is 170 Å². The third-order valence-electron chi connectivity index (χ3n) is 3.28. The average molecular weight is 447 g/mol. The molecule has 0 atom stereocenters. The van der Waals surface area contributed by atoms with Gasteiger partial charge in [0.1, 0.15) is 0 Å². The largest absolute Gasteiger partial charge is 0.360 e. The van der Waals surface area contributed by atoms with E-state index in [1.165, 1.54) is 12.1 Å². The van der Waals surface area contributed by atoms with Crippen LogP contribution in [0, 0.1) is 20.4 Å². The van der Waals surface area contributed by atoms with Crippen LogP contribution < -0.4 is 18.6 Å². The smallest absolute Gasteiger partial charge is 0.258 e. The van der Waals surface area contributed by atoms with Crippen molar-refractivity contribution in [2.75, 3.05) is 0 Å². The molecule has 3 rings (SSSR count). The number of nitro benzene ring substituents is 1. The summed E-state index contributed by atoms with van der Waals surface area (Å²) >= 11 is 11.9. The second kappa shape index (κ2) is 9.26. The summed E-state index contributed by atoms with van der Waals surface area (Å²) in [6.07, 6.45) is 0. The lowest BCUT2D eigenvalue weighted by molar-refractivity contribution is -2.00. The van der Waals surface area contributed by atoms with Crippen molar-refractivity contribution in [2.24, 2.45) is 0 Å². The van der Waals surface area contributed by atoms with Gasteiger partial charge < -0.3 is 0 Å². The van der Waals surface area contributed by atoms with E-state index in [1.54, 1.807) is 30.3 Å². The van der Waals surface area contributed by atoms with E-state index in [0.29, 0.717) is 21.6 Å². The second-order valence-electron chi connectivity index (χ2n) is 5.17. The zero-order valence-corrected chi connectivity index (χ0v) is 16.0.